The summed E-state index contributed by atoms with van der Waals surface area (Å²) in [4.78, 5) is 57.2. The molecule has 0 bridgehead atoms. The topological polar surface area (TPSA) is 106 Å². The summed E-state index contributed by atoms with van der Waals surface area (Å²) in [6.07, 6.45) is 0. The van der Waals surface area contributed by atoms with Crippen molar-refractivity contribution in [2.75, 3.05) is 11.5 Å². The van der Waals surface area contributed by atoms with Gasteiger partial charge in [-0.3, -0.25) is 14.4 Å². The number of nitrogens with zero attached hydrogens (tertiary/aromatic N) is 1. The number of imide groups is 1. The van der Waals surface area contributed by atoms with Gasteiger partial charge in [-0.05, 0) is 67.4 Å². The molecule has 11 heteroatoms. The van der Waals surface area contributed by atoms with Crippen molar-refractivity contribution in [3.8, 4) is 5.75 Å². The minimum Gasteiger partial charge on any atom is -0.489 e. The highest BCUT2D eigenvalue weighted by Gasteiger charge is 2.56. The van der Waals surface area contributed by atoms with E-state index in [9.17, 15) is 19.2 Å². The van der Waals surface area contributed by atoms with Crippen LogP contribution in [0.4, 0.5) is 5.69 Å². The van der Waals surface area contributed by atoms with Gasteiger partial charge in [0.25, 0.3) is 0 Å². The molecule has 0 spiro atoms. The second kappa shape index (κ2) is 11.5. The van der Waals surface area contributed by atoms with Crippen molar-refractivity contribution < 1.29 is 23.9 Å². The molecule has 1 N–H and O–H groups in total. The van der Waals surface area contributed by atoms with Gasteiger partial charge >= 0.3 is 10.8 Å². The predicted molar refractivity (Wildman–Crippen MR) is 164 cm³/mol. The molecule has 1 saturated heterocycles. The summed E-state index contributed by atoms with van der Waals surface area (Å²) in [7, 11) is 0. The van der Waals surface area contributed by atoms with Gasteiger partial charge in [-0.25, -0.2) is 9.69 Å². The van der Waals surface area contributed by atoms with E-state index in [0.717, 1.165) is 26.9 Å². The predicted octanol–water partition coefficient (Wildman–Crippen LogP) is 6.06. The molecule has 0 saturated carbocycles. The fourth-order valence-electron chi connectivity index (χ4n) is 5.39. The highest BCUT2D eigenvalue weighted by molar-refractivity contribution is 9.10. The number of carbonyl (C=O) groups is 3. The molecule has 2 amide bonds. The first-order chi connectivity index (χ1) is 20.3. The number of carbonyl (C=O) groups excluding carboxylic acids is 3. The van der Waals surface area contributed by atoms with Gasteiger partial charge in [0.15, 0.2) is 0 Å². The lowest BCUT2D eigenvalue weighted by atomic mass is 9.82. The lowest BCUT2D eigenvalue weighted by molar-refractivity contribution is -0.122. The Kier molecular flexibility index (Phi) is 7.82. The largest absolute Gasteiger partial charge is 0.489 e. The van der Waals surface area contributed by atoms with Crippen LogP contribution in [0.25, 0.3) is 0 Å². The van der Waals surface area contributed by atoms with Crippen molar-refractivity contribution in [3.63, 3.8) is 0 Å². The summed E-state index contributed by atoms with van der Waals surface area (Å²) in [6, 6.07) is 19.8. The van der Waals surface area contributed by atoms with Crippen LogP contribution in [-0.4, -0.2) is 34.6 Å². The molecule has 2 aliphatic heterocycles. The van der Waals surface area contributed by atoms with Crippen LogP contribution in [0.2, 0.25) is 0 Å². The number of hydrogen-bond acceptors (Lipinski definition) is 8. The Morgan fingerprint density at radius 1 is 1.02 bits per heavy atom. The lowest BCUT2D eigenvalue weighted by Gasteiger charge is -2.31. The molecular weight excluding hydrogens is 640 g/mol. The third-order valence-electron chi connectivity index (χ3n) is 7.41. The number of nitrogens with one attached hydrogen (secondary N) is 1. The van der Waals surface area contributed by atoms with Crippen LogP contribution in [0.3, 0.4) is 0 Å². The Hall–Kier alpha value is -3.67. The monoisotopic (exact) mass is 664 g/mol. The molecule has 1 aromatic heterocycles. The molecule has 42 heavy (non-hydrogen) atoms. The number of benzene rings is 3. The average Bonchev–Trinajstić information content (AvgIpc) is 3.47. The maximum Gasteiger partial charge on any atom is 0.338 e. The number of thiazole rings is 1. The van der Waals surface area contributed by atoms with Crippen molar-refractivity contribution in [1.29, 1.82) is 0 Å². The number of fused-ring (bicyclic) bond motifs is 2. The van der Waals surface area contributed by atoms with Crippen LogP contribution in [-0.2, 0) is 20.9 Å². The van der Waals surface area contributed by atoms with Gasteiger partial charge in [-0.15, -0.1) is 0 Å². The van der Waals surface area contributed by atoms with E-state index >= 15 is 0 Å². The van der Waals surface area contributed by atoms with Crippen LogP contribution in [0.5, 0.6) is 5.75 Å². The quantitative estimate of drug-likeness (QED) is 0.189. The Morgan fingerprint density at radius 2 is 1.79 bits per heavy atom. The molecule has 1 fully saturated rings. The van der Waals surface area contributed by atoms with Crippen molar-refractivity contribution >= 4 is 62.5 Å². The minimum atomic E-state index is -0.777. The summed E-state index contributed by atoms with van der Waals surface area (Å²) < 4.78 is 12.2. The molecule has 3 aromatic carbocycles. The Bertz CT molecular complexity index is 1770. The summed E-state index contributed by atoms with van der Waals surface area (Å²) >= 11 is 5.82. The van der Waals surface area contributed by atoms with Gasteiger partial charge in [-0.2, -0.15) is 0 Å². The minimum absolute atomic E-state index is 0.240. The van der Waals surface area contributed by atoms with E-state index in [4.69, 9.17) is 9.47 Å². The second-order valence-electron chi connectivity index (χ2n) is 9.93. The number of aromatic amines is 1. The summed E-state index contributed by atoms with van der Waals surface area (Å²) in [5, 5.41) is -0.171. The number of anilines is 1. The smallest absolute Gasteiger partial charge is 0.338 e. The highest BCUT2D eigenvalue weighted by Crippen LogP contribution is 2.54. The SMILES string of the molecule is CCOC(=O)c1ccc(N2C(=O)C3Sc4[nH]c(=O)sc4[C@H](c4cc(Br)ccc4OCc4ccccc4C)C3C2=O)cc1. The molecule has 3 atom stereocenters. The highest BCUT2D eigenvalue weighted by atomic mass is 79.9. The van der Waals surface area contributed by atoms with Crippen LogP contribution in [0.1, 0.15) is 44.8 Å². The van der Waals surface area contributed by atoms with E-state index in [1.807, 2.05) is 49.4 Å². The standard InChI is InChI=1S/C31H25BrN2O6S2/c1-3-39-30(37)17-8-11-20(12-9-17)34-28(35)24-23(25-27(33-31(38)42-25)41-26(24)29(34)36)21-14-19(32)10-13-22(21)40-15-18-7-5-4-6-16(18)2/h4-14,23-24,26H,3,15H2,1-2H3,(H,33,38)/t23-,24?,26?/m1/s1. The van der Waals surface area contributed by atoms with E-state index < -0.39 is 23.1 Å². The van der Waals surface area contributed by atoms with Gasteiger partial charge in [0.2, 0.25) is 11.8 Å². The van der Waals surface area contributed by atoms with Crippen molar-refractivity contribution in [2.45, 2.75) is 36.6 Å². The first-order valence-corrected chi connectivity index (χ1v) is 15.8. The molecule has 0 radical (unpaired) electrons. The summed E-state index contributed by atoms with van der Waals surface area (Å²) in [5.74, 6) is -2.03. The zero-order valence-electron chi connectivity index (χ0n) is 22.6. The molecule has 4 aromatic rings. The van der Waals surface area contributed by atoms with Gasteiger partial charge in [0, 0.05) is 20.8 Å². The number of hydrogen-bond donors (Lipinski definition) is 1. The van der Waals surface area contributed by atoms with E-state index in [-0.39, 0.29) is 23.3 Å². The average molecular weight is 666 g/mol. The molecule has 8 nitrogen and oxygen atoms in total. The number of aromatic nitrogens is 1. The van der Waals surface area contributed by atoms with Crippen LogP contribution in [0.15, 0.2) is 81.0 Å². The fraction of sp³-hybridized carbons (Fsp3) is 0.226. The third kappa shape index (κ3) is 5.10. The summed E-state index contributed by atoms with van der Waals surface area (Å²) in [6.45, 7) is 4.30. The maximum absolute atomic E-state index is 14.2. The number of rotatable bonds is 7. The lowest BCUT2D eigenvalue weighted by Crippen LogP contribution is -2.32. The zero-order chi connectivity index (χ0) is 29.5. The molecular formula is C31H25BrN2O6S2. The maximum atomic E-state index is 14.2. The normalized spacial score (nSPS) is 19.4. The number of thioether (sulfide) groups is 1. The number of amides is 2. The van der Waals surface area contributed by atoms with E-state index in [2.05, 4.69) is 20.9 Å². The van der Waals surface area contributed by atoms with Crippen LogP contribution < -0.4 is 14.5 Å². The van der Waals surface area contributed by atoms with Crippen LogP contribution >= 0.6 is 39.0 Å². The van der Waals surface area contributed by atoms with Crippen LogP contribution in [0, 0.1) is 12.8 Å². The Balaban J connectivity index is 1.40. The first kappa shape index (κ1) is 28.4. The van der Waals surface area contributed by atoms with E-state index in [1.165, 1.54) is 16.7 Å². The van der Waals surface area contributed by atoms with Crippen molar-refractivity contribution in [2.24, 2.45) is 5.92 Å². The number of H-pyrrole nitrogens is 1. The molecule has 3 heterocycles. The van der Waals surface area contributed by atoms with Crippen molar-refractivity contribution in [3.05, 3.63) is 108 Å². The molecule has 2 unspecified atom stereocenters. The van der Waals surface area contributed by atoms with Gasteiger partial charge < -0.3 is 14.5 Å². The number of ether oxygens (including phenoxy) is 2. The molecule has 6 rings (SSSR count). The number of esters is 1. The fourth-order valence-corrected chi connectivity index (χ4v) is 8.27. The van der Waals surface area contributed by atoms with Gasteiger partial charge in [0.1, 0.15) is 17.6 Å². The molecule has 214 valence electrons. The van der Waals surface area contributed by atoms with Gasteiger partial charge in [0.05, 0.1) is 28.8 Å². The Morgan fingerprint density at radius 3 is 2.52 bits per heavy atom. The zero-order valence-corrected chi connectivity index (χ0v) is 25.8. The van der Waals surface area contributed by atoms with E-state index in [0.29, 0.717) is 39.1 Å². The first-order valence-electron chi connectivity index (χ1n) is 13.3. The molecule has 0 aliphatic carbocycles. The Labute approximate surface area is 258 Å². The second-order valence-corrected chi connectivity index (χ2v) is 13.0. The van der Waals surface area contributed by atoms with Crippen molar-refractivity contribution in [1.82, 2.24) is 4.98 Å². The summed E-state index contributed by atoms with van der Waals surface area (Å²) in [5.41, 5.74) is 3.53. The number of halogens is 1. The third-order valence-corrected chi connectivity index (χ3v) is 10.3. The van der Waals surface area contributed by atoms with Gasteiger partial charge in [-0.1, -0.05) is 63.3 Å². The van der Waals surface area contributed by atoms with E-state index in [1.54, 1.807) is 31.2 Å². The molecule has 2 aliphatic rings. The number of aryl methyl sites for hydroxylation is 1.